The lowest BCUT2D eigenvalue weighted by Gasteiger charge is -2.39. The number of amides is 1. The number of benzene rings is 1. The second-order valence-corrected chi connectivity index (χ2v) is 6.78. The highest BCUT2D eigenvalue weighted by Gasteiger charge is 2.33. The van der Waals surface area contributed by atoms with Gasteiger partial charge in [-0.05, 0) is 30.7 Å². The molecule has 1 unspecified atom stereocenters. The van der Waals surface area contributed by atoms with Gasteiger partial charge in [0.25, 0.3) is 5.91 Å². The second-order valence-electron chi connectivity index (χ2n) is 6.78. The van der Waals surface area contributed by atoms with Crippen LogP contribution < -0.4 is 10.6 Å². The maximum Gasteiger partial charge on any atom is 0.255 e. The summed E-state index contributed by atoms with van der Waals surface area (Å²) in [5, 5.41) is 6.34. The number of aromatic nitrogens is 1. The largest absolute Gasteiger partial charge is 0.381 e. The van der Waals surface area contributed by atoms with Crippen LogP contribution in [0.25, 0.3) is 0 Å². The Hall–Kier alpha value is -2.40. The number of rotatable bonds is 4. The Bertz CT molecular complexity index is 684. The minimum Gasteiger partial charge on any atom is -0.381 e. The van der Waals surface area contributed by atoms with Gasteiger partial charge < -0.3 is 15.4 Å². The quantitative estimate of drug-likeness (QED) is 0.902. The van der Waals surface area contributed by atoms with E-state index in [1.54, 1.807) is 18.3 Å². The first-order chi connectivity index (χ1) is 11.5. The molecule has 1 aliphatic heterocycles. The van der Waals surface area contributed by atoms with Gasteiger partial charge in [0, 0.05) is 23.6 Å². The van der Waals surface area contributed by atoms with Crippen molar-refractivity contribution in [1.29, 1.82) is 0 Å². The molecule has 126 valence electrons. The van der Waals surface area contributed by atoms with Gasteiger partial charge in [-0.25, -0.2) is 4.98 Å². The Kier molecular flexibility index (Phi) is 4.81. The third-order valence-electron chi connectivity index (χ3n) is 4.35. The lowest BCUT2D eigenvalue weighted by molar-refractivity contribution is 0.00338. The van der Waals surface area contributed by atoms with Crippen molar-refractivity contribution in [1.82, 2.24) is 4.98 Å². The topological polar surface area (TPSA) is 63.2 Å². The van der Waals surface area contributed by atoms with Crippen molar-refractivity contribution in [3.05, 3.63) is 54.2 Å². The molecule has 1 saturated heterocycles. The SMILES string of the molecule is CC1(C)COCCC1Nc1ccc(NC(=O)c2ccccc2)cn1. The van der Waals surface area contributed by atoms with Crippen molar-refractivity contribution in [3.63, 3.8) is 0 Å². The van der Waals surface area contributed by atoms with Crippen LogP contribution in [0.2, 0.25) is 0 Å². The number of ether oxygens (including phenoxy) is 1. The van der Waals surface area contributed by atoms with E-state index in [-0.39, 0.29) is 11.3 Å². The molecule has 1 atom stereocenters. The Morgan fingerprint density at radius 3 is 2.67 bits per heavy atom. The molecule has 24 heavy (non-hydrogen) atoms. The molecule has 5 heteroatoms. The van der Waals surface area contributed by atoms with E-state index in [1.807, 2.05) is 30.3 Å². The molecule has 3 rings (SSSR count). The van der Waals surface area contributed by atoms with Crippen LogP contribution in [0.3, 0.4) is 0 Å². The Balaban J connectivity index is 1.62. The van der Waals surface area contributed by atoms with E-state index in [0.717, 1.165) is 25.5 Å². The van der Waals surface area contributed by atoms with Crippen LogP contribution in [-0.2, 0) is 4.74 Å². The summed E-state index contributed by atoms with van der Waals surface area (Å²) in [5.74, 6) is 0.677. The smallest absolute Gasteiger partial charge is 0.255 e. The van der Waals surface area contributed by atoms with Gasteiger partial charge in [-0.3, -0.25) is 4.79 Å². The zero-order chi connectivity index (χ0) is 17.0. The third kappa shape index (κ3) is 3.92. The van der Waals surface area contributed by atoms with Crippen molar-refractivity contribution in [2.45, 2.75) is 26.3 Å². The monoisotopic (exact) mass is 325 g/mol. The molecule has 2 N–H and O–H groups in total. The molecule has 1 aromatic heterocycles. The summed E-state index contributed by atoms with van der Waals surface area (Å²) in [6.45, 7) is 5.90. The predicted octanol–water partition coefficient (Wildman–Crippen LogP) is 3.56. The maximum absolute atomic E-state index is 12.1. The van der Waals surface area contributed by atoms with E-state index in [1.165, 1.54) is 0 Å². The molecule has 0 bridgehead atoms. The van der Waals surface area contributed by atoms with E-state index in [0.29, 0.717) is 17.3 Å². The fraction of sp³-hybridized carbons (Fsp3) is 0.368. The van der Waals surface area contributed by atoms with Gasteiger partial charge in [0.15, 0.2) is 0 Å². The van der Waals surface area contributed by atoms with Gasteiger partial charge in [-0.2, -0.15) is 0 Å². The number of nitrogens with one attached hydrogen (secondary N) is 2. The molecule has 0 radical (unpaired) electrons. The van der Waals surface area contributed by atoms with Crippen molar-refractivity contribution >= 4 is 17.4 Å². The van der Waals surface area contributed by atoms with Gasteiger partial charge in [0.2, 0.25) is 0 Å². The number of hydrogen-bond donors (Lipinski definition) is 2. The van der Waals surface area contributed by atoms with Crippen LogP contribution in [0.15, 0.2) is 48.7 Å². The van der Waals surface area contributed by atoms with E-state index < -0.39 is 0 Å². The summed E-state index contributed by atoms with van der Waals surface area (Å²) in [4.78, 5) is 16.6. The Morgan fingerprint density at radius 2 is 2.00 bits per heavy atom. The van der Waals surface area contributed by atoms with Gasteiger partial charge in [-0.1, -0.05) is 32.0 Å². The Morgan fingerprint density at radius 1 is 1.21 bits per heavy atom. The summed E-state index contributed by atoms with van der Waals surface area (Å²) >= 11 is 0. The van der Waals surface area contributed by atoms with E-state index in [9.17, 15) is 4.79 Å². The van der Waals surface area contributed by atoms with Crippen molar-refractivity contribution in [3.8, 4) is 0 Å². The first kappa shape index (κ1) is 16.5. The number of carbonyl (C=O) groups excluding carboxylic acids is 1. The van der Waals surface area contributed by atoms with Crippen molar-refractivity contribution in [2.24, 2.45) is 5.41 Å². The first-order valence-electron chi connectivity index (χ1n) is 8.21. The molecular formula is C19H23N3O2. The minimum absolute atomic E-state index is 0.0696. The summed E-state index contributed by atoms with van der Waals surface area (Å²) in [5.41, 5.74) is 1.38. The lowest BCUT2D eigenvalue weighted by atomic mass is 9.82. The fourth-order valence-corrected chi connectivity index (χ4v) is 2.82. The molecule has 1 aliphatic rings. The highest BCUT2D eigenvalue weighted by Crippen LogP contribution is 2.30. The van der Waals surface area contributed by atoms with E-state index in [2.05, 4.69) is 29.5 Å². The second kappa shape index (κ2) is 7.01. The standard InChI is InChI=1S/C19H23N3O2/c1-19(2)13-24-11-10-16(19)22-17-9-8-15(12-20-17)21-18(23)14-6-4-3-5-7-14/h3-9,12,16H,10-11,13H2,1-2H3,(H,20,22)(H,21,23). The number of pyridine rings is 1. The van der Waals surface area contributed by atoms with Gasteiger partial charge in [0.05, 0.1) is 18.5 Å². The first-order valence-corrected chi connectivity index (χ1v) is 8.21. The maximum atomic E-state index is 12.1. The molecule has 0 spiro atoms. The molecule has 2 aromatic rings. The highest BCUT2D eigenvalue weighted by molar-refractivity contribution is 6.04. The molecule has 2 heterocycles. The van der Waals surface area contributed by atoms with Crippen LogP contribution in [0.4, 0.5) is 11.5 Å². The molecule has 0 saturated carbocycles. The van der Waals surface area contributed by atoms with Gasteiger partial charge >= 0.3 is 0 Å². The van der Waals surface area contributed by atoms with Gasteiger partial charge in [-0.15, -0.1) is 0 Å². The Labute approximate surface area is 142 Å². The molecular weight excluding hydrogens is 302 g/mol. The van der Waals surface area contributed by atoms with E-state index >= 15 is 0 Å². The number of anilines is 2. The number of hydrogen-bond acceptors (Lipinski definition) is 4. The van der Waals surface area contributed by atoms with Crippen LogP contribution in [0.5, 0.6) is 0 Å². The molecule has 1 fully saturated rings. The molecule has 1 aromatic carbocycles. The van der Waals surface area contributed by atoms with E-state index in [4.69, 9.17) is 4.74 Å². The van der Waals surface area contributed by atoms with Crippen LogP contribution in [0.1, 0.15) is 30.6 Å². The summed E-state index contributed by atoms with van der Waals surface area (Å²) in [6.07, 6.45) is 2.64. The number of nitrogens with zero attached hydrogens (tertiary/aromatic N) is 1. The fourth-order valence-electron chi connectivity index (χ4n) is 2.82. The normalized spacial score (nSPS) is 19.5. The summed E-state index contributed by atoms with van der Waals surface area (Å²) in [6, 6.07) is 13.2. The van der Waals surface area contributed by atoms with Crippen LogP contribution in [-0.4, -0.2) is 30.1 Å². The number of carbonyl (C=O) groups is 1. The third-order valence-corrected chi connectivity index (χ3v) is 4.35. The molecule has 5 nitrogen and oxygen atoms in total. The average molecular weight is 325 g/mol. The summed E-state index contributed by atoms with van der Waals surface area (Å²) < 4.78 is 5.55. The molecule has 1 amide bonds. The van der Waals surface area contributed by atoms with Gasteiger partial charge in [0.1, 0.15) is 5.82 Å². The van der Waals surface area contributed by atoms with Crippen LogP contribution >= 0.6 is 0 Å². The zero-order valence-corrected chi connectivity index (χ0v) is 14.1. The highest BCUT2D eigenvalue weighted by atomic mass is 16.5. The molecule has 0 aliphatic carbocycles. The average Bonchev–Trinajstić information content (AvgIpc) is 2.59. The minimum atomic E-state index is -0.135. The van der Waals surface area contributed by atoms with Crippen molar-refractivity contribution < 1.29 is 9.53 Å². The lowest BCUT2D eigenvalue weighted by Crippen LogP contribution is -2.44. The predicted molar refractivity (Wildman–Crippen MR) is 95.3 cm³/mol. The summed E-state index contributed by atoms with van der Waals surface area (Å²) in [7, 11) is 0. The zero-order valence-electron chi connectivity index (χ0n) is 14.1. The van der Waals surface area contributed by atoms with Crippen LogP contribution in [0, 0.1) is 5.41 Å². The van der Waals surface area contributed by atoms with Crippen molar-refractivity contribution in [2.75, 3.05) is 23.8 Å².